The molecule has 2 aliphatic heterocycles. The molecule has 0 spiro atoms. The summed E-state index contributed by atoms with van der Waals surface area (Å²) in [7, 11) is 0. The molecular formula is C13H22N2O3S. The molecule has 2 rings (SSSR count). The minimum absolute atomic E-state index is 0.0226. The number of nitrogens with zero attached hydrogens (tertiary/aromatic N) is 1. The van der Waals surface area contributed by atoms with Gasteiger partial charge in [-0.1, -0.05) is 25.1 Å². The Morgan fingerprint density at radius 1 is 1.58 bits per heavy atom. The summed E-state index contributed by atoms with van der Waals surface area (Å²) in [4.78, 5) is 15.3. The van der Waals surface area contributed by atoms with Gasteiger partial charge in [-0.3, -0.25) is 9.79 Å². The standard InChI is InChI=1S/C13H22N2O3S/c1-3-4-7-14-13-15-11-6-5-10(8-17-9(2)16)18-12(11)19-13/h10-12H,3-8H2,1-2H3,(H,14,15)/t10-,11-,12-/m1/s1. The molecule has 0 aliphatic carbocycles. The summed E-state index contributed by atoms with van der Waals surface area (Å²) in [5.41, 5.74) is 0.106. The van der Waals surface area contributed by atoms with Crippen LogP contribution in [0.1, 0.15) is 39.5 Å². The summed E-state index contributed by atoms with van der Waals surface area (Å²) in [6.45, 7) is 4.83. The van der Waals surface area contributed by atoms with Crippen molar-refractivity contribution in [1.29, 1.82) is 0 Å². The minimum Gasteiger partial charge on any atom is -0.463 e. The van der Waals surface area contributed by atoms with Gasteiger partial charge in [-0.15, -0.1) is 0 Å². The molecule has 2 heterocycles. The predicted molar refractivity (Wildman–Crippen MR) is 76.3 cm³/mol. The highest BCUT2D eigenvalue weighted by Crippen LogP contribution is 2.33. The molecule has 0 radical (unpaired) electrons. The Balaban J connectivity index is 1.78. The second-order valence-electron chi connectivity index (χ2n) is 4.92. The number of hydrogen-bond acceptors (Lipinski definition) is 5. The lowest BCUT2D eigenvalue weighted by molar-refractivity contribution is -0.147. The van der Waals surface area contributed by atoms with E-state index >= 15 is 0 Å². The highest BCUT2D eigenvalue weighted by atomic mass is 32.2. The highest BCUT2D eigenvalue weighted by Gasteiger charge is 2.38. The maximum absolute atomic E-state index is 10.8. The van der Waals surface area contributed by atoms with E-state index in [1.165, 1.54) is 6.92 Å². The first kappa shape index (κ1) is 14.7. The van der Waals surface area contributed by atoms with Crippen LogP contribution in [0.2, 0.25) is 0 Å². The van der Waals surface area contributed by atoms with Crippen molar-refractivity contribution < 1.29 is 14.3 Å². The van der Waals surface area contributed by atoms with Crippen molar-refractivity contribution in [1.82, 2.24) is 5.32 Å². The first-order chi connectivity index (χ1) is 9.19. The molecule has 0 unspecified atom stereocenters. The summed E-state index contributed by atoms with van der Waals surface area (Å²) in [6, 6.07) is 0.346. The zero-order valence-corrected chi connectivity index (χ0v) is 12.4. The third-order valence-electron chi connectivity index (χ3n) is 3.23. The molecule has 5 nitrogen and oxygen atoms in total. The largest absolute Gasteiger partial charge is 0.463 e. The summed E-state index contributed by atoms with van der Waals surface area (Å²) < 4.78 is 11.0. The average Bonchev–Trinajstić information content (AvgIpc) is 2.78. The Bertz CT molecular complexity index is 349. The lowest BCUT2D eigenvalue weighted by Gasteiger charge is -2.30. The van der Waals surface area contributed by atoms with Crippen LogP contribution in [-0.2, 0) is 14.3 Å². The molecule has 108 valence electrons. The Morgan fingerprint density at radius 3 is 3.16 bits per heavy atom. The molecule has 0 aromatic heterocycles. The number of thioether (sulfide) groups is 1. The van der Waals surface area contributed by atoms with Crippen LogP contribution < -0.4 is 5.32 Å². The van der Waals surface area contributed by atoms with Gasteiger partial charge >= 0.3 is 5.97 Å². The minimum atomic E-state index is -0.246. The number of nitrogens with one attached hydrogen (secondary N) is 1. The van der Waals surface area contributed by atoms with Crippen LogP contribution in [0.5, 0.6) is 0 Å². The summed E-state index contributed by atoms with van der Waals surface area (Å²) in [6.07, 6.45) is 4.27. The quantitative estimate of drug-likeness (QED) is 0.618. The molecule has 0 amide bonds. The SMILES string of the molecule is CCCCN=C1N[C@@H]2CC[C@H](COC(C)=O)O[C@@H]2S1. The Morgan fingerprint density at radius 2 is 2.42 bits per heavy atom. The number of amidine groups is 1. The number of rotatable bonds is 5. The van der Waals surface area contributed by atoms with Crippen LogP contribution in [0.15, 0.2) is 4.99 Å². The maximum Gasteiger partial charge on any atom is 0.302 e. The van der Waals surface area contributed by atoms with Gasteiger partial charge in [-0.05, 0) is 19.3 Å². The molecule has 2 fully saturated rings. The Kier molecular flexibility index (Phi) is 5.51. The van der Waals surface area contributed by atoms with E-state index in [9.17, 15) is 4.79 Å². The fraction of sp³-hybridized carbons (Fsp3) is 0.846. The second-order valence-corrected chi connectivity index (χ2v) is 6.00. The highest BCUT2D eigenvalue weighted by molar-refractivity contribution is 8.14. The van der Waals surface area contributed by atoms with Gasteiger partial charge in [-0.25, -0.2) is 0 Å². The smallest absolute Gasteiger partial charge is 0.302 e. The average molecular weight is 286 g/mol. The van der Waals surface area contributed by atoms with Crippen LogP contribution >= 0.6 is 11.8 Å². The lowest BCUT2D eigenvalue weighted by Crippen LogP contribution is -2.41. The van der Waals surface area contributed by atoms with Crippen LogP contribution in [0.4, 0.5) is 0 Å². The van der Waals surface area contributed by atoms with Crippen LogP contribution in [-0.4, -0.2) is 41.9 Å². The monoisotopic (exact) mass is 286 g/mol. The third kappa shape index (κ3) is 4.38. The van der Waals surface area contributed by atoms with E-state index in [-0.39, 0.29) is 17.5 Å². The number of carbonyl (C=O) groups is 1. The predicted octanol–water partition coefficient (Wildman–Crippen LogP) is 1.92. The molecular weight excluding hydrogens is 264 g/mol. The second kappa shape index (κ2) is 7.14. The van der Waals surface area contributed by atoms with Gasteiger partial charge in [0.15, 0.2) is 5.17 Å². The van der Waals surface area contributed by atoms with Crippen molar-refractivity contribution in [2.24, 2.45) is 4.99 Å². The fourth-order valence-corrected chi connectivity index (χ4v) is 3.35. The number of ether oxygens (including phenoxy) is 2. The molecule has 3 atom stereocenters. The number of aliphatic imine (C=N–C) groups is 1. The van der Waals surface area contributed by atoms with Gasteiger partial charge in [0.1, 0.15) is 12.0 Å². The van der Waals surface area contributed by atoms with E-state index in [4.69, 9.17) is 9.47 Å². The Hall–Kier alpha value is -0.750. The van der Waals surface area contributed by atoms with Crippen molar-refractivity contribution in [2.45, 2.75) is 57.1 Å². The normalized spacial score (nSPS) is 31.9. The topological polar surface area (TPSA) is 59.9 Å². The molecule has 0 bridgehead atoms. The number of esters is 1. The molecule has 0 aromatic carbocycles. The van der Waals surface area contributed by atoms with Crippen molar-refractivity contribution in [2.75, 3.05) is 13.2 Å². The van der Waals surface area contributed by atoms with Crippen LogP contribution in [0.3, 0.4) is 0 Å². The van der Waals surface area contributed by atoms with Crippen molar-refractivity contribution in [3.63, 3.8) is 0 Å². The lowest BCUT2D eigenvalue weighted by atomic mass is 10.1. The zero-order valence-electron chi connectivity index (χ0n) is 11.6. The van der Waals surface area contributed by atoms with E-state index in [1.54, 1.807) is 11.8 Å². The van der Waals surface area contributed by atoms with Gasteiger partial charge in [0.2, 0.25) is 0 Å². The molecule has 0 aromatic rings. The molecule has 19 heavy (non-hydrogen) atoms. The van der Waals surface area contributed by atoms with Crippen molar-refractivity contribution in [3.8, 4) is 0 Å². The Labute approximate surface area is 118 Å². The zero-order chi connectivity index (χ0) is 13.7. The van der Waals surface area contributed by atoms with Crippen LogP contribution in [0, 0.1) is 0 Å². The molecule has 2 aliphatic rings. The van der Waals surface area contributed by atoms with Gasteiger partial charge < -0.3 is 14.8 Å². The summed E-state index contributed by atoms with van der Waals surface area (Å²) in [5, 5.41) is 4.41. The number of carbonyl (C=O) groups excluding carboxylic acids is 1. The van der Waals surface area contributed by atoms with E-state index in [1.807, 2.05) is 0 Å². The molecule has 6 heteroatoms. The maximum atomic E-state index is 10.8. The van der Waals surface area contributed by atoms with Gasteiger partial charge in [-0.2, -0.15) is 0 Å². The summed E-state index contributed by atoms with van der Waals surface area (Å²) >= 11 is 1.66. The number of unbranched alkanes of at least 4 members (excludes halogenated alkanes) is 1. The van der Waals surface area contributed by atoms with Gasteiger partial charge in [0.05, 0.1) is 12.1 Å². The van der Waals surface area contributed by atoms with Gasteiger partial charge in [0.25, 0.3) is 0 Å². The van der Waals surface area contributed by atoms with Crippen molar-refractivity contribution in [3.05, 3.63) is 0 Å². The fourth-order valence-electron chi connectivity index (χ4n) is 2.16. The van der Waals surface area contributed by atoms with Gasteiger partial charge in [0, 0.05) is 13.5 Å². The third-order valence-corrected chi connectivity index (χ3v) is 4.37. The van der Waals surface area contributed by atoms with Crippen LogP contribution in [0.25, 0.3) is 0 Å². The summed E-state index contributed by atoms with van der Waals surface area (Å²) in [5.74, 6) is -0.246. The molecule has 1 N–H and O–H groups in total. The van der Waals surface area contributed by atoms with Crippen molar-refractivity contribution >= 4 is 22.9 Å². The van der Waals surface area contributed by atoms with E-state index in [0.29, 0.717) is 12.6 Å². The van der Waals surface area contributed by atoms with E-state index < -0.39 is 0 Å². The number of hydrogen-bond donors (Lipinski definition) is 1. The molecule has 2 saturated heterocycles. The first-order valence-corrected chi connectivity index (χ1v) is 7.83. The molecule has 0 saturated carbocycles. The number of fused-ring (bicyclic) bond motifs is 1. The van der Waals surface area contributed by atoms with E-state index in [0.717, 1.165) is 37.4 Å². The first-order valence-electron chi connectivity index (χ1n) is 6.95. The van der Waals surface area contributed by atoms with E-state index in [2.05, 4.69) is 17.2 Å².